The number of aryl methyl sites for hydroxylation is 1. The first-order valence-corrected chi connectivity index (χ1v) is 6.57. The van der Waals surface area contributed by atoms with Gasteiger partial charge in [0, 0.05) is 30.7 Å². The van der Waals surface area contributed by atoms with Gasteiger partial charge < -0.3 is 14.5 Å². The number of nitrogens with one attached hydrogen (secondary N) is 1. The van der Waals surface area contributed by atoms with Gasteiger partial charge >= 0.3 is 0 Å². The molecule has 0 aliphatic carbocycles. The molecule has 2 aromatic rings. The predicted molar refractivity (Wildman–Crippen MR) is 73.5 cm³/mol. The van der Waals surface area contributed by atoms with Crippen LogP contribution in [0.3, 0.4) is 0 Å². The molecule has 18 heavy (non-hydrogen) atoms. The molecule has 0 radical (unpaired) electrons. The van der Waals surface area contributed by atoms with E-state index >= 15 is 0 Å². The average molecular weight is 246 g/mol. The van der Waals surface area contributed by atoms with Gasteiger partial charge in [0.15, 0.2) is 0 Å². The van der Waals surface area contributed by atoms with E-state index in [0.29, 0.717) is 6.04 Å². The van der Waals surface area contributed by atoms with Gasteiger partial charge in [0.05, 0.1) is 18.6 Å². The highest BCUT2D eigenvalue weighted by molar-refractivity contribution is 5.13. The van der Waals surface area contributed by atoms with Crippen molar-refractivity contribution in [3.63, 3.8) is 0 Å². The Morgan fingerprint density at radius 1 is 1.39 bits per heavy atom. The van der Waals surface area contributed by atoms with Gasteiger partial charge in [0.2, 0.25) is 0 Å². The Balaban J connectivity index is 2.18. The maximum absolute atomic E-state index is 4.25. The molecule has 1 atom stereocenters. The van der Waals surface area contributed by atoms with Gasteiger partial charge in [-0.25, -0.2) is 4.98 Å². The van der Waals surface area contributed by atoms with Gasteiger partial charge in [-0.15, -0.1) is 0 Å². The Kier molecular flexibility index (Phi) is 4.20. The molecule has 0 aromatic carbocycles. The van der Waals surface area contributed by atoms with Gasteiger partial charge in [-0.3, -0.25) is 0 Å². The van der Waals surface area contributed by atoms with Crippen molar-refractivity contribution in [2.75, 3.05) is 7.05 Å². The van der Waals surface area contributed by atoms with E-state index in [9.17, 15) is 0 Å². The maximum atomic E-state index is 4.25. The van der Waals surface area contributed by atoms with E-state index in [2.05, 4.69) is 51.6 Å². The van der Waals surface area contributed by atoms with Crippen LogP contribution in [0, 0.1) is 0 Å². The summed E-state index contributed by atoms with van der Waals surface area (Å²) in [5, 5.41) is 3.28. The average Bonchev–Trinajstić information content (AvgIpc) is 3.00. The minimum Gasteiger partial charge on any atom is -0.344 e. The fourth-order valence-corrected chi connectivity index (χ4v) is 2.21. The molecular weight excluding hydrogens is 224 g/mol. The van der Waals surface area contributed by atoms with E-state index in [4.69, 9.17) is 0 Å². The second-order valence-corrected chi connectivity index (χ2v) is 4.65. The zero-order valence-corrected chi connectivity index (χ0v) is 11.4. The summed E-state index contributed by atoms with van der Waals surface area (Å²) >= 11 is 0. The topological polar surface area (TPSA) is 34.8 Å². The van der Waals surface area contributed by atoms with Crippen LogP contribution >= 0.6 is 0 Å². The highest BCUT2D eigenvalue weighted by atomic mass is 15.1. The van der Waals surface area contributed by atoms with Crippen LogP contribution in [-0.4, -0.2) is 21.2 Å². The van der Waals surface area contributed by atoms with Gasteiger partial charge in [0.1, 0.15) is 0 Å². The van der Waals surface area contributed by atoms with Gasteiger partial charge in [-0.2, -0.15) is 0 Å². The Morgan fingerprint density at radius 3 is 2.94 bits per heavy atom. The number of nitrogens with zero attached hydrogens (tertiary/aromatic N) is 3. The third kappa shape index (κ3) is 2.64. The normalized spacial score (nSPS) is 12.8. The maximum Gasteiger partial charge on any atom is 0.0948 e. The van der Waals surface area contributed by atoms with Crippen LogP contribution in [0.4, 0.5) is 0 Å². The zero-order valence-electron chi connectivity index (χ0n) is 11.4. The summed E-state index contributed by atoms with van der Waals surface area (Å²) in [7, 11) is 1.99. The molecule has 0 bridgehead atoms. The first-order chi connectivity index (χ1) is 8.76. The molecule has 0 aliphatic heterocycles. The van der Waals surface area contributed by atoms with Crippen LogP contribution in [0.2, 0.25) is 0 Å². The summed E-state index contributed by atoms with van der Waals surface area (Å²) in [4.78, 5) is 4.25. The Labute approximate surface area is 109 Å². The highest BCUT2D eigenvalue weighted by Crippen LogP contribution is 2.15. The molecule has 0 aliphatic rings. The third-order valence-electron chi connectivity index (χ3n) is 3.34. The molecule has 1 unspecified atom stereocenters. The minimum absolute atomic E-state index is 0.363. The molecule has 2 aromatic heterocycles. The fourth-order valence-electron chi connectivity index (χ4n) is 2.21. The molecule has 0 saturated carbocycles. The summed E-state index contributed by atoms with van der Waals surface area (Å²) in [6.07, 6.45) is 7.15. The lowest BCUT2D eigenvalue weighted by molar-refractivity contribution is 0.569. The summed E-state index contributed by atoms with van der Waals surface area (Å²) in [5.74, 6) is 0. The van der Waals surface area contributed by atoms with Gasteiger partial charge in [-0.1, -0.05) is 6.92 Å². The molecule has 0 spiro atoms. The fraction of sp³-hybridized carbons (Fsp3) is 0.500. The molecule has 4 heteroatoms. The van der Waals surface area contributed by atoms with Crippen molar-refractivity contribution in [2.45, 2.75) is 39.4 Å². The third-order valence-corrected chi connectivity index (χ3v) is 3.34. The second kappa shape index (κ2) is 5.87. The van der Waals surface area contributed by atoms with Crippen LogP contribution < -0.4 is 5.32 Å². The van der Waals surface area contributed by atoms with Gasteiger partial charge in [0.25, 0.3) is 0 Å². The SMILES string of the molecule is CCCn1cncc1Cn1cccc1C(C)NC. The monoisotopic (exact) mass is 246 g/mol. The molecule has 98 valence electrons. The van der Waals surface area contributed by atoms with Gasteiger partial charge in [-0.05, 0) is 32.5 Å². The lowest BCUT2D eigenvalue weighted by atomic mass is 10.2. The Hall–Kier alpha value is -1.55. The number of hydrogen-bond acceptors (Lipinski definition) is 2. The van der Waals surface area contributed by atoms with Crippen molar-refractivity contribution in [3.05, 3.63) is 42.2 Å². The van der Waals surface area contributed by atoms with Crippen LogP contribution in [0.15, 0.2) is 30.9 Å². The number of hydrogen-bond donors (Lipinski definition) is 1. The second-order valence-electron chi connectivity index (χ2n) is 4.65. The first kappa shape index (κ1) is 12.9. The van der Waals surface area contributed by atoms with E-state index in [1.54, 1.807) is 0 Å². The number of imidazole rings is 1. The molecule has 0 amide bonds. The van der Waals surface area contributed by atoms with E-state index < -0.39 is 0 Å². The highest BCUT2D eigenvalue weighted by Gasteiger charge is 2.09. The summed E-state index contributed by atoms with van der Waals surface area (Å²) in [6, 6.07) is 4.63. The molecule has 4 nitrogen and oxygen atoms in total. The quantitative estimate of drug-likeness (QED) is 0.849. The number of rotatable bonds is 6. The molecule has 0 fully saturated rings. The van der Waals surface area contributed by atoms with Crippen LogP contribution in [0.5, 0.6) is 0 Å². The lowest BCUT2D eigenvalue weighted by Crippen LogP contribution is -2.17. The van der Waals surface area contributed by atoms with Crippen molar-refractivity contribution in [1.29, 1.82) is 0 Å². The lowest BCUT2D eigenvalue weighted by Gasteiger charge is -2.15. The van der Waals surface area contributed by atoms with E-state index in [0.717, 1.165) is 19.5 Å². The van der Waals surface area contributed by atoms with Crippen molar-refractivity contribution >= 4 is 0 Å². The molecule has 2 heterocycles. The van der Waals surface area contributed by atoms with Crippen LogP contribution in [0.25, 0.3) is 0 Å². The van der Waals surface area contributed by atoms with Crippen LogP contribution in [-0.2, 0) is 13.1 Å². The van der Waals surface area contributed by atoms with E-state index in [1.807, 2.05) is 19.6 Å². The largest absolute Gasteiger partial charge is 0.344 e. The van der Waals surface area contributed by atoms with Crippen molar-refractivity contribution in [3.8, 4) is 0 Å². The molecule has 2 rings (SSSR count). The number of aromatic nitrogens is 3. The standard InChI is InChI=1S/C14H22N4/c1-4-7-18-11-16-9-13(18)10-17-8-5-6-14(17)12(2)15-3/h5-6,8-9,11-12,15H,4,7,10H2,1-3H3. The summed E-state index contributed by atoms with van der Waals surface area (Å²) < 4.78 is 4.51. The van der Waals surface area contributed by atoms with Crippen molar-refractivity contribution in [1.82, 2.24) is 19.4 Å². The van der Waals surface area contributed by atoms with E-state index in [1.165, 1.54) is 11.4 Å². The molecule has 1 N–H and O–H groups in total. The zero-order chi connectivity index (χ0) is 13.0. The minimum atomic E-state index is 0.363. The Morgan fingerprint density at radius 2 is 2.22 bits per heavy atom. The summed E-state index contributed by atoms with van der Waals surface area (Å²) in [5.41, 5.74) is 2.57. The van der Waals surface area contributed by atoms with E-state index in [-0.39, 0.29) is 0 Å². The Bertz CT molecular complexity index is 483. The van der Waals surface area contributed by atoms with Crippen LogP contribution in [0.1, 0.15) is 37.7 Å². The molecular formula is C14H22N4. The predicted octanol–water partition coefficient (Wildman–Crippen LogP) is 2.42. The molecule has 0 saturated heterocycles. The first-order valence-electron chi connectivity index (χ1n) is 6.57. The summed E-state index contributed by atoms with van der Waals surface area (Å²) in [6.45, 7) is 6.28. The van der Waals surface area contributed by atoms with Crippen molar-refractivity contribution < 1.29 is 0 Å². The van der Waals surface area contributed by atoms with Crippen molar-refractivity contribution in [2.24, 2.45) is 0 Å². The smallest absolute Gasteiger partial charge is 0.0948 e.